The zero-order valence-electron chi connectivity index (χ0n) is 10.2. The summed E-state index contributed by atoms with van der Waals surface area (Å²) in [6, 6.07) is 3.42. The number of halogens is 1. The summed E-state index contributed by atoms with van der Waals surface area (Å²) in [7, 11) is 1.28. The van der Waals surface area contributed by atoms with Crippen LogP contribution in [0, 0.1) is 5.82 Å². The lowest BCUT2D eigenvalue weighted by atomic mass is 10.1. The van der Waals surface area contributed by atoms with Crippen LogP contribution in [-0.4, -0.2) is 25.0 Å². The largest absolute Gasteiger partial charge is 0.468 e. The lowest BCUT2D eigenvalue weighted by Gasteiger charge is -2.12. The third kappa shape index (κ3) is 3.53. The summed E-state index contributed by atoms with van der Waals surface area (Å²) in [5.41, 5.74) is 5.48. The molecule has 1 unspecified atom stereocenters. The first kappa shape index (κ1) is 14.1. The molecule has 0 aromatic heterocycles. The van der Waals surface area contributed by atoms with E-state index in [1.807, 2.05) is 0 Å². The van der Waals surface area contributed by atoms with Crippen molar-refractivity contribution < 1.29 is 18.7 Å². The fourth-order valence-corrected chi connectivity index (χ4v) is 1.37. The van der Waals surface area contributed by atoms with Gasteiger partial charge >= 0.3 is 5.97 Å². The van der Waals surface area contributed by atoms with Gasteiger partial charge in [0.25, 0.3) is 0 Å². The molecule has 0 aliphatic heterocycles. The Hall–Kier alpha value is -1.95. The molecule has 0 aliphatic carbocycles. The number of methoxy groups -OCH3 is 1. The van der Waals surface area contributed by atoms with Gasteiger partial charge in [0.15, 0.2) is 0 Å². The van der Waals surface area contributed by atoms with Crippen molar-refractivity contribution in [3.8, 4) is 0 Å². The molecule has 0 fully saturated rings. The van der Waals surface area contributed by atoms with Crippen LogP contribution in [0.1, 0.15) is 22.8 Å². The molecule has 3 N–H and O–H groups in total. The Morgan fingerprint density at radius 2 is 2.17 bits per heavy atom. The topological polar surface area (TPSA) is 81.4 Å². The van der Waals surface area contributed by atoms with E-state index in [9.17, 15) is 14.0 Å². The smallest absolute Gasteiger partial charge is 0.322 e. The van der Waals surface area contributed by atoms with Crippen LogP contribution in [0.15, 0.2) is 18.2 Å². The van der Waals surface area contributed by atoms with E-state index in [0.29, 0.717) is 5.56 Å². The van der Waals surface area contributed by atoms with Crippen molar-refractivity contribution >= 4 is 11.9 Å². The molecule has 5 nitrogen and oxygen atoms in total. The maximum atomic E-state index is 13.6. The minimum atomic E-state index is -0.684. The lowest BCUT2D eigenvalue weighted by Crippen LogP contribution is -2.34. The first-order chi connectivity index (χ1) is 8.45. The Balaban J connectivity index is 2.69. The summed E-state index contributed by atoms with van der Waals surface area (Å²) in [4.78, 5) is 22.0. The van der Waals surface area contributed by atoms with Crippen LogP contribution >= 0.6 is 0 Å². The Morgan fingerprint density at radius 1 is 1.50 bits per heavy atom. The van der Waals surface area contributed by atoms with Gasteiger partial charge in [0.2, 0.25) is 5.91 Å². The molecule has 1 aromatic carbocycles. The van der Waals surface area contributed by atoms with Gasteiger partial charge in [-0.15, -0.1) is 0 Å². The molecule has 0 heterocycles. The third-order valence-electron chi connectivity index (χ3n) is 2.49. The lowest BCUT2D eigenvalue weighted by molar-refractivity contribution is -0.142. The van der Waals surface area contributed by atoms with Crippen molar-refractivity contribution in [3.63, 3.8) is 0 Å². The highest BCUT2D eigenvalue weighted by atomic mass is 19.1. The molecule has 0 radical (unpaired) electrons. The molecule has 98 valence electrons. The summed E-state index contributed by atoms with van der Waals surface area (Å²) < 4.78 is 18.1. The molecule has 18 heavy (non-hydrogen) atoms. The summed E-state index contributed by atoms with van der Waals surface area (Å²) >= 11 is 0. The van der Waals surface area contributed by atoms with Crippen LogP contribution < -0.4 is 11.1 Å². The molecule has 6 heteroatoms. The van der Waals surface area contributed by atoms with Crippen LogP contribution in [0.4, 0.5) is 4.39 Å². The maximum Gasteiger partial charge on any atom is 0.322 e. The Bertz CT molecular complexity index is 463. The Kier molecular flexibility index (Phi) is 4.79. The van der Waals surface area contributed by atoms with E-state index in [-0.39, 0.29) is 12.1 Å². The van der Waals surface area contributed by atoms with E-state index in [1.54, 1.807) is 6.92 Å². The van der Waals surface area contributed by atoms with Crippen LogP contribution in [0.2, 0.25) is 0 Å². The average Bonchev–Trinajstić information content (AvgIpc) is 2.35. The van der Waals surface area contributed by atoms with Crippen LogP contribution in [0.3, 0.4) is 0 Å². The van der Waals surface area contributed by atoms with Gasteiger partial charge in [-0.3, -0.25) is 9.59 Å². The van der Waals surface area contributed by atoms with Crippen LogP contribution in [0.25, 0.3) is 0 Å². The molecule has 0 aliphatic rings. The fourth-order valence-electron chi connectivity index (χ4n) is 1.37. The zero-order valence-corrected chi connectivity index (χ0v) is 10.2. The standard InChI is InChI=1S/C12H15FN2O3/c1-7(12(17)18-2)15-6-9-4-3-8(11(14)16)5-10(9)13/h3-5,7,15H,6H2,1-2H3,(H2,14,16). The van der Waals surface area contributed by atoms with E-state index in [2.05, 4.69) is 10.1 Å². The molecular weight excluding hydrogens is 239 g/mol. The van der Waals surface area contributed by atoms with E-state index in [4.69, 9.17) is 5.73 Å². The molecule has 1 atom stereocenters. The maximum absolute atomic E-state index is 13.6. The number of rotatable bonds is 5. The predicted molar refractivity (Wildman–Crippen MR) is 63.2 cm³/mol. The molecule has 1 aromatic rings. The molecule has 1 rings (SSSR count). The molecular formula is C12H15FN2O3. The number of hydrogen-bond donors (Lipinski definition) is 2. The Morgan fingerprint density at radius 3 is 2.67 bits per heavy atom. The van der Waals surface area contributed by atoms with Gasteiger partial charge in [-0.1, -0.05) is 6.07 Å². The highest BCUT2D eigenvalue weighted by Crippen LogP contribution is 2.10. The summed E-state index contributed by atoms with van der Waals surface area (Å²) in [6.07, 6.45) is 0. The average molecular weight is 254 g/mol. The van der Waals surface area contributed by atoms with E-state index in [1.165, 1.54) is 19.2 Å². The number of amides is 1. The minimum Gasteiger partial charge on any atom is -0.468 e. The van der Waals surface area contributed by atoms with Crippen molar-refractivity contribution in [1.29, 1.82) is 0 Å². The van der Waals surface area contributed by atoms with Gasteiger partial charge in [-0.25, -0.2) is 4.39 Å². The molecule has 0 saturated carbocycles. The number of nitrogens with two attached hydrogens (primary N) is 1. The van der Waals surface area contributed by atoms with Crippen molar-refractivity contribution in [2.24, 2.45) is 5.73 Å². The molecule has 0 spiro atoms. The first-order valence-corrected chi connectivity index (χ1v) is 5.35. The van der Waals surface area contributed by atoms with Gasteiger partial charge in [-0.2, -0.15) is 0 Å². The Labute approximate surface area is 104 Å². The number of carbonyl (C=O) groups is 2. The second-order valence-electron chi connectivity index (χ2n) is 3.80. The highest BCUT2D eigenvalue weighted by molar-refractivity contribution is 5.92. The third-order valence-corrected chi connectivity index (χ3v) is 2.49. The number of hydrogen-bond acceptors (Lipinski definition) is 4. The van der Waals surface area contributed by atoms with Gasteiger partial charge in [-0.05, 0) is 19.1 Å². The van der Waals surface area contributed by atoms with Crippen molar-refractivity contribution in [2.75, 3.05) is 7.11 Å². The van der Waals surface area contributed by atoms with E-state index < -0.39 is 23.7 Å². The molecule has 0 saturated heterocycles. The number of esters is 1. The number of primary amides is 1. The number of nitrogens with one attached hydrogen (secondary N) is 1. The molecule has 0 bridgehead atoms. The number of carbonyl (C=O) groups excluding carboxylic acids is 2. The quantitative estimate of drug-likeness (QED) is 0.753. The summed E-state index contributed by atoms with van der Waals surface area (Å²) in [5, 5.41) is 2.81. The number of ether oxygens (including phenoxy) is 1. The van der Waals surface area contributed by atoms with Crippen molar-refractivity contribution in [2.45, 2.75) is 19.5 Å². The second-order valence-corrected chi connectivity index (χ2v) is 3.80. The van der Waals surface area contributed by atoms with Crippen LogP contribution in [0.5, 0.6) is 0 Å². The first-order valence-electron chi connectivity index (χ1n) is 5.35. The van der Waals surface area contributed by atoms with Gasteiger partial charge in [0.1, 0.15) is 11.9 Å². The zero-order chi connectivity index (χ0) is 13.7. The molecule has 1 amide bonds. The predicted octanol–water partition coefficient (Wildman–Crippen LogP) is 0.576. The number of benzene rings is 1. The van der Waals surface area contributed by atoms with Gasteiger partial charge in [0, 0.05) is 17.7 Å². The van der Waals surface area contributed by atoms with E-state index in [0.717, 1.165) is 6.07 Å². The monoisotopic (exact) mass is 254 g/mol. The van der Waals surface area contributed by atoms with Crippen molar-refractivity contribution in [3.05, 3.63) is 35.1 Å². The highest BCUT2D eigenvalue weighted by Gasteiger charge is 2.13. The SMILES string of the molecule is COC(=O)C(C)NCc1ccc(C(N)=O)cc1F. The summed E-state index contributed by atoms with van der Waals surface area (Å²) in [6.45, 7) is 1.77. The minimum absolute atomic E-state index is 0.109. The van der Waals surface area contributed by atoms with Crippen molar-refractivity contribution in [1.82, 2.24) is 5.32 Å². The summed E-state index contributed by atoms with van der Waals surface area (Å²) in [5.74, 6) is -1.66. The second kappa shape index (κ2) is 6.11. The van der Waals surface area contributed by atoms with Crippen LogP contribution in [-0.2, 0) is 16.1 Å². The van der Waals surface area contributed by atoms with Gasteiger partial charge in [0.05, 0.1) is 7.11 Å². The fraction of sp³-hybridized carbons (Fsp3) is 0.333. The van der Waals surface area contributed by atoms with Gasteiger partial charge < -0.3 is 15.8 Å². The normalized spacial score (nSPS) is 11.9. The van der Waals surface area contributed by atoms with E-state index >= 15 is 0 Å².